The monoisotopic (exact) mass is 310 g/mol. The number of carbonyl (C=O) groups is 1. The van der Waals surface area contributed by atoms with Crippen LogP contribution in [0.4, 0.5) is 5.69 Å². The Hall–Kier alpha value is -2.33. The summed E-state index contributed by atoms with van der Waals surface area (Å²) in [4.78, 5) is 14.7. The Balaban J connectivity index is 1.60. The van der Waals surface area contributed by atoms with Crippen LogP contribution >= 0.6 is 0 Å². The van der Waals surface area contributed by atoms with Crippen LogP contribution in [0.1, 0.15) is 28.8 Å². The smallest absolute Gasteiger partial charge is 0.255 e. The molecular weight excluding hydrogens is 288 g/mol. The first kappa shape index (κ1) is 15.6. The van der Waals surface area contributed by atoms with E-state index in [1.807, 2.05) is 48.5 Å². The van der Waals surface area contributed by atoms with Gasteiger partial charge in [0, 0.05) is 17.8 Å². The van der Waals surface area contributed by atoms with Crippen molar-refractivity contribution < 1.29 is 9.53 Å². The molecule has 0 spiro atoms. The number of methoxy groups -OCH3 is 1. The van der Waals surface area contributed by atoms with Gasteiger partial charge < -0.3 is 10.1 Å². The van der Waals surface area contributed by atoms with Crippen LogP contribution in [-0.2, 0) is 6.54 Å². The molecule has 1 amide bonds. The van der Waals surface area contributed by atoms with Gasteiger partial charge in [-0.15, -0.1) is 0 Å². The molecule has 2 aromatic rings. The maximum absolute atomic E-state index is 12.3. The van der Waals surface area contributed by atoms with E-state index in [-0.39, 0.29) is 5.91 Å². The molecule has 4 heteroatoms. The molecule has 0 aromatic heterocycles. The van der Waals surface area contributed by atoms with Crippen LogP contribution in [0, 0.1) is 0 Å². The maximum Gasteiger partial charge on any atom is 0.255 e. The quantitative estimate of drug-likeness (QED) is 0.918. The van der Waals surface area contributed by atoms with Crippen molar-refractivity contribution in [3.05, 3.63) is 59.7 Å². The van der Waals surface area contributed by atoms with E-state index in [1.54, 1.807) is 7.11 Å². The van der Waals surface area contributed by atoms with Crippen molar-refractivity contribution in [2.75, 3.05) is 25.5 Å². The molecule has 23 heavy (non-hydrogen) atoms. The van der Waals surface area contributed by atoms with E-state index < -0.39 is 0 Å². The van der Waals surface area contributed by atoms with Gasteiger partial charge in [0.1, 0.15) is 5.75 Å². The van der Waals surface area contributed by atoms with E-state index in [1.165, 1.54) is 31.5 Å². The summed E-state index contributed by atoms with van der Waals surface area (Å²) in [6.07, 6.45) is 2.59. The minimum absolute atomic E-state index is 0.0945. The molecule has 1 fully saturated rings. The summed E-state index contributed by atoms with van der Waals surface area (Å²) >= 11 is 0. The maximum atomic E-state index is 12.3. The number of nitrogens with one attached hydrogen (secondary N) is 1. The Labute approximate surface area is 137 Å². The SMILES string of the molecule is COc1ccc(NC(=O)c2ccc(CN3CCCC3)cc2)cc1. The van der Waals surface area contributed by atoms with E-state index in [9.17, 15) is 4.79 Å². The lowest BCUT2D eigenvalue weighted by atomic mass is 10.1. The van der Waals surface area contributed by atoms with Crippen molar-refractivity contribution in [1.29, 1.82) is 0 Å². The van der Waals surface area contributed by atoms with Gasteiger partial charge in [-0.25, -0.2) is 0 Å². The van der Waals surface area contributed by atoms with Crippen molar-refractivity contribution >= 4 is 11.6 Å². The highest BCUT2D eigenvalue weighted by Crippen LogP contribution is 2.17. The fourth-order valence-corrected chi connectivity index (χ4v) is 2.84. The van der Waals surface area contributed by atoms with Crippen LogP contribution in [0.25, 0.3) is 0 Å². The van der Waals surface area contributed by atoms with Crippen LogP contribution in [-0.4, -0.2) is 31.0 Å². The predicted molar refractivity (Wildman–Crippen MR) is 91.9 cm³/mol. The number of likely N-dealkylation sites (tertiary alicyclic amines) is 1. The average Bonchev–Trinajstić information content (AvgIpc) is 3.09. The zero-order chi connectivity index (χ0) is 16.1. The lowest BCUT2D eigenvalue weighted by Gasteiger charge is -2.14. The van der Waals surface area contributed by atoms with Gasteiger partial charge in [-0.1, -0.05) is 12.1 Å². The third-order valence-electron chi connectivity index (χ3n) is 4.17. The van der Waals surface area contributed by atoms with Crippen LogP contribution in [0.3, 0.4) is 0 Å². The molecule has 120 valence electrons. The Kier molecular flexibility index (Phi) is 4.93. The zero-order valence-electron chi connectivity index (χ0n) is 13.4. The minimum atomic E-state index is -0.0945. The average molecular weight is 310 g/mol. The summed E-state index contributed by atoms with van der Waals surface area (Å²) in [7, 11) is 1.62. The highest BCUT2D eigenvalue weighted by atomic mass is 16.5. The molecule has 0 saturated carbocycles. The number of hydrogen-bond acceptors (Lipinski definition) is 3. The van der Waals surface area contributed by atoms with Crippen molar-refractivity contribution in [3.8, 4) is 5.75 Å². The van der Waals surface area contributed by atoms with E-state index >= 15 is 0 Å². The molecule has 0 atom stereocenters. The summed E-state index contributed by atoms with van der Waals surface area (Å²) in [5.74, 6) is 0.678. The van der Waals surface area contributed by atoms with Crippen molar-refractivity contribution in [2.24, 2.45) is 0 Å². The van der Waals surface area contributed by atoms with E-state index in [4.69, 9.17) is 4.74 Å². The molecule has 0 bridgehead atoms. The second kappa shape index (κ2) is 7.29. The van der Waals surface area contributed by atoms with Crippen LogP contribution in [0.5, 0.6) is 5.75 Å². The van der Waals surface area contributed by atoms with Crippen molar-refractivity contribution in [3.63, 3.8) is 0 Å². The molecule has 1 N–H and O–H groups in total. The number of benzene rings is 2. The molecule has 0 aliphatic carbocycles. The van der Waals surface area contributed by atoms with Crippen LogP contribution < -0.4 is 10.1 Å². The third-order valence-corrected chi connectivity index (χ3v) is 4.17. The van der Waals surface area contributed by atoms with Gasteiger partial charge in [-0.3, -0.25) is 9.69 Å². The van der Waals surface area contributed by atoms with Crippen LogP contribution in [0.15, 0.2) is 48.5 Å². The van der Waals surface area contributed by atoms with Crippen molar-refractivity contribution in [2.45, 2.75) is 19.4 Å². The number of nitrogens with zero attached hydrogens (tertiary/aromatic N) is 1. The Morgan fingerprint density at radius 2 is 1.70 bits per heavy atom. The Morgan fingerprint density at radius 1 is 1.04 bits per heavy atom. The number of amides is 1. The van der Waals surface area contributed by atoms with Crippen molar-refractivity contribution in [1.82, 2.24) is 4.90 Å². The summed E-state index contributed by atoms with van der Waals surface area (Å²) in [6, 6.07) is 15.2. The summed E-state index contributed by atoms with van der Waals surface area (Å²) in [6.45, 7) is 3.33. The molecule has 4 nitrogen and oxygen atoms in total. The normalized spacial score (nSPS) is 14.7. The van der Waals surface area contributed by atoms with Gasteiger partial charge in [0.05, 0.1) is 7.11 Å². The summed E-state index contributed by atoms with van der Waals surface area (Å²) < 4.78 is 5.11. The standard InChI is InChI=1S/C19H22N2O2/c1-23-18-10-8-17(9-11-18)20-19(22)16-6-4-15(5-7-16)14-21-12-2-3-13-21/h4-11H,2-3,12-14H2,1H3,(H,20,22). The number of ether oxygens (including phenoxy) is 1. The lowest BCUT2D eigenvalue weighted by Crippen LogP contribution is -2.18. The molecule has 3 rings (SSSR count). The van der Waals surface area contributed by atoms with E-state index in [2.05, 4.69) is 10.2 Å². The van der Waals surface area contributed by atoms with Gasteiger partial charge in [0.15, 0.2) is 0 Å². The molecule has 1 saturated heterocycles. The second-order valence-corrected chi connectivity index (χ2v) is 5.86. The topological polar surface area (TPSA) is 41.6 Å². The highest BCUT2D eigenvalue weighted by molar-refractivity contribution is 6.04. The number of anilines is 1. The number of hydrogen-bond donors (Lipinski definition) is 1. The Morgan fingerprint density at radius 3 is 2.30 bits per heavy atom. The highest BCUT2D eigenvalue weighted by Gasteiger charge is 2.12. The first-order valence-electron chi connectivity index (χ1n) is 8.01. The van der Waals surface area contributed by atoms with Gasteiger partial charge >= 0.3 is 0 Å². The van der Waals surface area contributed by atoms with Gasteiger partial charge in [0.25, 0.3) is 5.91 Å². The van der Waals surface area contributed by atoms with E-state index in [0.717, 1.165) is 18.0 Å². The molecular formula is C19H22N2O2. The minimum Gasteiger partial charge on any atom is -0.497 e. The first-order chi connectivity index (χ1) is 11.2. The van der Waals surface area contributed by atoms with E-state index in [0.29, 0.717) is 5.56 Å². The summed E-state index contributed by atoms with van der Waals surface area (Å²) in [5.41, 5.74) is 2.69. The third kappa shape index (κ3) is 4.11. The largest absolute Gasteiger partial charge is 0.497 e. The summed E-state index contributed by atoms with van der Waals surface area (Å²) in [5, 5.41) is 2.90. The molecule has 1 heterocycles. The molecule has 0 unspecified atom stereocenters. The second-order valence-electron chi connectivity index (χ2n) is 5.86. The first-order valence-corrected chi connectivity index (χ1v) is 8.01. The molecule has 0 radical (unpaired) electrons. The number of carbonyl (C=O) groups excluding carboxylic acids is 1. The Bertz CT molecular complexity index is 644. The number of rotatable bonds is 5. The fourth-order valence-electron chi connectivity index (χ4n) is 2.84. The van der Waals surface area contributed by atoms with Gasteiger partial charge in [-0.2, -0.15) is 0 Å². The molecule has 2 aromatic carbocycles. The predicted octanol–water partition coefficient (Wildman–Crippen LogP) is 3.54. The molecule has 1 aliphatic rings. The van der Waals surface area contributed by atoms with Gasteiger partial charge in [-0.05, 0) is 67.9 Å². The van der Waals surface area contributed by atoms with Gasteiger partial charge in [0.2, 0.25) is 0 Å². The molecule has 1 aliphatic heterocycles. The zero-order valence-corrected chi connectivity index (χ0v) is 13.4. The van der Waals surface area contributed by atoms with Crippen LogP contribution in [0.2, 0.25) is 0 Å². The fraction of sp³-hybridized carbons (Fsp3) is 0.316. The lowest BCUT2D eigenvalue weighted by molar-refractivity contribution is 0.102.